The lowest BCUT2D eigenvalue weighted by Gasteiger charge is -2.06. The Labute approximate surface area is 132 Å². The molecular weight excluding hydrogens is 332 g/mol. The number of amides is 1. The Morgan fingerprint density at radius 1 is 1.14 bits per heavy atom. The highest BCUT2D eigenvalue weighted by molar-refractivity contribution is 9.10. The summed E-state index contributed by atoms with van der Waals surface area (Å²) < 4.78 is 5.85. The van der Waals surface area contributed by atoms with Crippen LogP contribution in [0.5, 0.6) is 5.75 Å². The first-order chi connectivity index (χ1) is 10.1. The van der Waals surface area contributed by atoms with Crippen LogP contribution in [0.2, 0.25) is 0 Å². The van der Waals surface area contributed by atoms with Crippen LogP contribution in [0.3, 0.4) is 0 Å². The molecule has 0 saturated heterocycles. The highest BCUT2D eigenvalue weighted by Crippen LogP contribution is 2.25. The third-order valence-electron chi connectivity index (χ3n) is 2.93. The van der Waals surface area contributed by atoms with Crippen LogP contribution >= 0.6 is 15.9 Å². The summed E-state index contributed by atoms with van der Waals surface area (Å²) in [7, 11) is 1.58. The highest BCUT2D eigenvalue weighted by Gasteiger charge is 2.08. The molecule has 0 atom stereocenters. The molecule has 0 unspecified atom stereocenters. The normalized spacial score (nSPS) is 11.1. The quantitative estimate of drug-likeness (QED) is 0.679. The number of halogens is 1. The van der Waals surface area contributed by atoms with Gasteiger partial charge in [0.1, 0.15) is 5.75 Å². The van der Waals surface area contributed by atoms with Gasteiger partial charge in [-0.25, -0.2) is 5.43 Å². The summed E-state index contributed by atoms with van der Waals surface area (Å²) in [6.07, 6.45) is 0. The summed E-state index contributed by atoms with van der Waals surface area (Å²) in [4.78, 5) is 12.1. The van der Waals surface area contributed by atoms with E-state index in [0.717, 1.165) is 15.7 Å². The number of hydrazone groups is 1. The lowest BCUT2D eigenvalue weighted by molar-refractivity contribution is 0.0954. The molecule has 0 radical (unpaired) electrons. The van der Waals surface area contributed by atoms with Crippen molar-refractivity contribution < 1.29 is 9.53 Å². The van der Waals surface area contributed by atoms with Crippen LogP contribution in [0.15, 0.2) is 58.1 Å². The van der Waals surface area contributed by atoms with Gasteiger partial charge in [0.25, 0.3) is 5.91 Å². The molecule has 0 bridgehead atoms. The molecule has 2 aromatic carbocycles. The van der Waals surface area contributed by atoms with E-state index in [0.29, 0.717) is 11.3 Å². The summed E-state index contributed by atoms with van der Waals surface area (Å²) in [6.45, 7) is 1.85. The van der Waals surface area contributed by atoms with Crippen molar-refractivity contribution in [1.29, 1.82) is 0 Å². The zero-order valence-corrected chi connectivity index (χ0v) is 13.3. The molecule has 21 heavy (non-hydrogen) atoms. The fourth-order valence-electron chi connectivity index (χ4n) is 1.75. The number of nitrogens with one attached hydrogen (secondary N) is 1. The number of nitrogens with zero attached hydrogens (tertiary/aromatic N) is 1. The van der Waals surface area contributed by atoms with Gasteiger partial charge in [-0.3, -0.25) is 4.79 Å². The van der Waals surface area contributed by atoms with Crippen LogP contribution in [-0.2, 0) is 0 Å². The summed E-state index contributed by atoms with van der Waals surface area (Å²) >= 11 is 3.35. The first-order valence-corrected chi connectivity index (χ1v) is 7.14. The number of hydrogen-bond donors (Lipinski definition) is 1. The van der Waals surface area contributed by atoms with Crippen LogP contribution in [0.1, 0.15) is 22.8 Å². The molecule has 0 heterocycles. The topological polar surface area (TPSA) is 50.7 Å². The van der Waals surface area contributed by atoms with E-state index in [2.05, 4.69) is 26.5 Å². The third-order valence-corrected chi connectivity index (χ3v) is 3.55. The van der Waals surface area contributed by atoms with Gasteiger partial charge in [-0.15, -0.1) is 0 Å². The van der Waals surface area contributed by atoms with Gasteiger partial charge in [0, 0.05) is 5.56 Å². The van der Waals surface area contributed by atoms with Crippen molar-refractivity contribution in [1.82, 2.24) is 5.43 Å². The largest absolute Gasteiger partial charge is 0.496 e. The standard InChI is InChI=1S/C16H15BrN2O2/c1-11(12-6-4-3-5-7-12)18-19-16(20)13-8-9-15(21-2)14(17)10-13/h3-10H,1-2H3,(H,19,20). The van der Waals surface area contributed by atoms with E-state index < -0.39 is 0 Å². The highest BCUT2D eigenvalue weighted by atomic mass is 79.9. The van der Waals surface area contributed by atoms with E-state index in [9.17, 15) is 4.79 Å². The fourth-order valence-corrected chi connectivity index (χ4v) is 2.29. The van der Waals surface area contributed by atoms with Crippen LogP contribution in [0, 0.1) is 0 Å². The lowest BCUT2D eigenvalue weighted by Crippen LogP contribution is -2.19. The Kier molecular flexibility index (Phi) is 5.11. The second kappa shape index (κ2) is 7.04. The molecule has 1 amide bonds. The lowest BCUT2D eigenvalue weighted by atomic mass is 10.1. The summed E-state index contributed by atoms with van der Waals surface area (Å²) in [6, 6.07) is 14.8. The fraction of sp³-hybridized carbons (Fsp3) is 0.125. The van der Waals surface area contributed by atoms with E-state index in [1.54, 1.807) is 25.3 Å². The minimum Gasteiger partial charge on any atom is -0.496 e. The molecule has 2 rings (SSSR count). The van der Waals surface area contributed by atoms with Crippen molar-refractivity contribution in [3.8, 4) is 5.75 Å². The second-order valence-corrected chi connectivity index (χ2v) is 5.21. The van der Waals surface area contributed by atoms with Gasteiger partial charge in [0.15, 0.2) is 0 Å². The molecule has 0 aromatic heterocycles. The maximum absolute atomic E-state index is 12.1. The maximum Gasteiger partial charge on any atom is 0.271 e. The minimum atomic E-state index is -0.270. The van der Waals surface area contributed by atoms with E-state index in [-0.39, 0.29) is 5.91 Å². The van der Waals surface area contributed by atoms with Gasteiger partial charge >= 0.3 is 0 Å². The number of carbonyl (C=O) groups is 1. The minimum absolute atomic E-state index is 0.270. The Morgan fingerprint density at radius 2 is 1.86 bits per heavy atom. The van der Waals surface area contributed by atoms with Gasteiger partial charge < -0.3 is 4.74 Å². The second-order valence-electron chi connectivity index (χ2n) is 4.35. The summed E-state index contributed by atoms with van der Waals surface area (Å²) in [5.41, 5.74) is 4.77. The van der Waals surface area contributed by atoms with Crippen molar-refractivity contribution in [2.24, 2.45) is 5.10 Å². The SMILES string of the molecule is COc1ccc(C(=O)NN=C(C)c2ccccc2)cc1Br. The predicted octanol–water partition coefficient (Wildman–Crippen LogP) is 3.61. The monoisotopic (exact) mass is 346 g/mol. The third kappa shape index (κ3) is 3.92. The Hall–Kier alpha value is -2.14. The van der Waals surface area contributed by atoms with E-state index in [1.165, 1.54) is 0 Å². The van der Waals surface area contributed by atoms with Crippen LogP contribution in [0.4, 0.5) is 0 Å². The molecule has 2 aromatic rings. The van der Waals surface area contributed by atoms with Crippen LogP contribution < -0.4 is 10.2 Å². The van der Waals surface area contributed by atoms with Gasteiger partial charge in [0.05, 0.1) is 17.3 Å². The zero-order valence-electron chi connectivity index (χ0n) is 11.8. The van der Waals surface area contributed by atoms with Crippen molar-refractivity contribution in [3.05, 3.63) is 64.1 Å². The molecular formula is C16H15BrN2O2. The Morgan fingerprint density at radius 3 is 2.48 bits per heavy atom. The van der Waals surface area contributed by atoms with Crippen molar-refractivity contribution >= 4 is 27.5 Å². The number of methoxy groups -OCH3 is 1. The van der Waals surface area contributed by atoms with Crippen molar-refractivity contribution in [2.75, 3.05) is 7.11 Å². The molecule has 0 fully saturated rings. The molecule has 0 saturated carbocycles. The van der Waals surface area contributed by atoms with E-state index in [4.69, 9.17) is 4.74 Å². The molecule has 108 valence electrons. The first kappa shape index (κ1) is 15.3. The first-order valence-electron chi connectivity index (χ1n) is 6.35. The van der Waals surface area contributed by atoms with Crippen molar-refractivity contribution in [3.63, 3.8) is 0 Å². The molecule has 4 nitrogen and oxygen atoms in total. The number of hydrogen-bond acceptors (Lipinski definition) is 3. The van der Waals surface area contributed by atoms with Gasteiger partial charge in [-0.2, -0.15) is 5.10 Å². The van der Waals surface area contributed by atoms with E-state index in [1.807, 2.05) is 37.3 Å². The number of ether oxygens (including phenoxy) is 1. The average molecular weight is 347 g/mol. The zero-order chi connectivity index (χ0) is 15.2. The number of carbonyl (C=O) groups excluding carboxylic acids is 1. The van der Waals surface area contributed by atoms with Gasteiger partial charge in [-0.05, 0) is 46.6 Å². The smallest absolute Gasteiger partial charge is 0.271 e. The van der Waals surface area contributed by atoms with Gasteiger partial charge in [0.2, 0.25) is 0 Å². The predicted molar refractivity (Wildman–Crippen MR) is 86.8 cm³/mol. The van der Waals surface area contributed by atoms with Gasteiger partial charge in [-0.1, -0.05) is 30.3 Å². The average Bonchev–Trinajstić information content (AvgIpc) is 2.53. The number of rotatable bonds is 4. The van der Waals surface area contributed by atoms with E-state index >= 15 is 0 Å². The number of benzene rings is 2. The maximum atomic E-state index is 12.1. The molecule has 0 aliphatic carbocycles. The Bertz CT molecular complexity index is 669. The van der Waals surface area contributed by atoms with Crippen LogP contribution in [-0.4, -0.2) is 18.7 Å². The summed E-state index contributed by atoms with van der Waals surface area (Å²) in [5, 5.41) is 4.11. The van der Waals surface area contributed by atoms with Crippen molar-refractivity contribution in [2.45, 2.75) is 6.92 Å². The summed E-state index contributed by atoms with van der Waals surface area (Å²) in [5.74, 6) is 0.407. The molecule has 0 aliphatic rings. The Balaban J connectivity index is 2.10. The molecule has 5 heteroatoms. The molecule has 0 aliphatic heterocycles. The molecule has 1 N–H and O–H groups in total. The van der Waals surface area contributed by atoms with Crippen LogP contribution in [0.25, 0.3) is 0 Å². The molecule has 0 spiro atoms.